The molecule has 0 radical (unpaired) electrons. The predicted octanol–water partition coefficient (Wildman–Crippen LogP) is 8.77. The molecule has 0 fully saturated rings. The zero-order chi connectivity index (χ0) is 32.9. The maximum Gasteiger partial charge on any atom is 0.340 e. The van der Waals surface area contributed by atoms with Crippen LogP contribution < -0.4 is 10.6 Å². The standard InChI is InChI=1S/C39H36N4O4/c1-5-46-39(45)31-23-27(15-17-35(31)43-37-22-26(4)41-34-16-14-24(2)20-30(34)37)18-19-47-38(44)29-11-7-9-13-33(29)42-36-21-25(3)40-32-12-8-6-10-28(32)36/h6-17,20-23H,5,18-19H2,1-4H3,(H,40,42)(H,41,43). The molecule has 6 aromatic rings. The largest absolute Gasteiger partial charge is 0.462 e. The Hall–Kier alpha value is -5.76. The molecule has 0 aliphatic carbocycles. The first-order valence-corrected chi connectivity index (χ1v) is 15.6. The average molecular weight is 625 g/mol. The maximum absolute atomic E-state index is 13.3. The number of nitrogens with one attached hydrogen (secondary N) is 2. The van der Waals surface area contributed by atoms with E-state index < -0.39 is 11.9 Å². The van der Waals surface area contributed by atoms with Gasteiger partial charge >= 0.3 is 11.9 Å². The minimum absolute atomic E-state index is 0.132. The molecule has 0 amide bonds. The van der Waals surface area contributed by atoms with Crippen LogP contribution in [-0.4, -0.2) is 35.1 Å². The molecule has 0 atom stereocenters. The van der Waals surface area contributed by atoms with Crippen LogP contribution in [0.4, 0.5) is 22.7 Å². The Bertz CT molecular complexity index is 2130. The number of hydrogen-bond donors (Lipinski definition) is 2. The van der Waals surface area contributed by atoms with Gasteiger partial charge in [-0.25, -0.2) is 9.59 Å². The van der Waals surface area contributed by atoms with Crippen LogP contribution in [0.25, 0.3) is 21.8 Å². The van der Waals surface area contributed by atoms with Crippen molar-refractivity contribution < 1.29 is 19.1 Å². The molecule has 0 saturated carbocycles. The van der Waals surface area contributed by atoms with E-state index in [0.29, 0.717) is 28.9 Å². The highest BCUT2D eigenvalue weighted by Crippen LogP contribution is 2.31. The number of benzene rings is 4. The lowest BCUT2D eigenvalue weighted by Gasteiger charge is -2.16. The number of para-hydroxylation sites is 2. The summed E-state index contributed by atoms with van der Waals surface area (Å²) in [4.78, 5) is 35.6. The first-order valence-electron chi connectivity index (χ1n) is 15.6. The number of esters is 2. The summed E-state index contributed by atoms with van der Waals surface area (Å²) < 4.78 is 11.1. The minimum Gasteiger partial charge on any atom is -0.462 e. The van der Waals surface area contributed by atoms with Gasteiger partial charge in [-0.3, -0.25) is 9.97 Å². The average Bonchev–Trinajstić information content (AvgIpc) is 3.06. The topological polar surface area (TPSA) is 102 Å². The summed E-state index contributed by atoms with van der Waals surface area (Å²) in [7, 11) is 0. The Morgan fingerprint density at radius 1 is 0.617 bits per heavy atom. The number of aromatic nitrogens is 2. The molecule has 2 N–H and O–H groups in total. The number of ether oxygens (including phenoxy) is 2. The van der Waals surface area contributed by atoms with E-state index in [2.05, 4.69) is 26.7 Å². The highest BCUT2D eigenvalue weighted by Gasteiger charge is 2.17. The van der Waals surface area contributed by atoms with E-state index >= 15 is 0 Å². The predicted molar refractivity (Wildman–Crippen MR) is 187 cm³/mol. The lowest BCUT2D eigenvalue weighted by Crippen LogP contribution is -2.12. The lowest BCUT2D eigenvalue weighted by atomic mass is 10.0. The van der Waals surface area contributed by atoms with Crippen LogP contribution in [0.5, 0.6) is 0 Å². The van der Waals surface area contributed by atoms with E-state index in [1.807, 2.05) is 99.6 Å². The van der Waals surface area contributed by atoms with Crippen molar-refractivity contribution in [2.45, 2.75) is 34.1 Å². The summed E-state index contributed by atoms with van der Waals surface area (Å²) in [5.74, 6) is -0.874. The van der Waals surface area contributed by atoms with Gasteiger partial charge in [0.2, 0.25) is 0 Å². The SMILES string of the molecule is CCOC(=O)c1cc(CCOC(=O)c2ccccc2Nc2cc(C)nc3ccccc23)ccc1Nc1cc(C)nc2ccc(C)cc12. The van der Waals surface area contributed by atoms with E-state index in [1.165, 1.54) is 0 Å². The zero-order valence-corrected chi connectivity index (χ0v) is 26.9. The molecule has 6 rings (SSSR count). The third-order valence-electron chi connectivity index (χ3n) is 7.83. The second-order valence-electron chi connectivity index (χ2n) is 11.4. The maximum atomic E-state index is 13.3. The number of carbonyl (C=O) groups is 2. The van der Waals surface area contributed by atoms with E-state index in [0.717, 1.165) is 55.7 Å². The summed E-state index contributed by atoms with van der Waals surface area (Å²) >= 11 is 0. The van der Waals surface area contributed by atoms with E-state index in [9.17, 15) is 9.59 Å². The van der Waals surface area contributed by atoms with Gasteiger partial charge in [-0.15, -0.1) is 0 Å². The van der Waals surface area contributed by atoms with Crippen molar-refractivity contribution in [3.8, 4) is 0 Å². The van der Waals surface area contributed by atoms with Gasteiger partial charge in [0.05, 0.1) is 46.7 Å². The molecule has 0 unspecified atom stereocenters. The number of anilines is 4. The molecule has 2 heterocycles. The second-order valence-corrected chi connectivity index (χ2v) is 11.4. The number of rotatable bonds is 10. The first-order chi connectivity index (χ1) is 22.8. The van der Waals surface area contributed by atoms with Gasteiger partial charge in [0.25, 0.3) is 0 Å². The van der Waals surface area contributed by atoms with Crippen molar-refractivity contribution in [1.82, 2.24) is 9.97 Å². The van der Waals surface area contributed by atoms with Crippen LogP contribution >= 0.6 is 0 Å². The summed E-state index contributed by atoms with van der Waals surface area (Å²) in [6.07, 6.45) is 0.415. The summed E-state index contributed by atoms with van der Waals surface area (Å²) in [6, 6.07) is 30.8. The quantitative estimate of drug-likeness (QED) is 0.146. The second kappa shape index (κ2) is 13.7. The molecule has 236 valence electrons. The molecule has 8 heteroatoms. The van der Waals surface area contributed by atoms with Gasteiger partial charge < -0.3 is 20.1 Å². The molecule has 0 aliphatic heterocycles. The summed E-state index contributed by atoms with van der Waals surface area (Å²) in [5, 5.41) is 8.79. The summed E-state index contributed by atoms with van der Waals surface area (Å²) in [6.45, 7) is 8.08. The van der Waals surface area contributed by atoms with Crippen molar-refractivity contribution >= 4 is 56.5 Å². The van der Waals surface area contributed by atoms with Crippen molar-refractivity contribution in [3.63, 3.8) is 0 Å². The molecular formula is C39H36N4O4. The van der Waals surface area contributed by atoms with Gasteiger partial charge in [0.1, 0.15) is 0 Å². The Morgan fingerprint density at radius 2 is 1.26 bits per heavy atom. The number of nitrogens with zero attached hydrogens (tertiary/aromatic N) is 2. The molecule has 0 spiro atoms. The molecule has 0 saturated heterocycles. The third-order valence-corrected chi connectivity index (χ3v) is 7.83. The van der Waals surface area contributed by atoms with Crippen LogP contribution in [0.2, 0.25) is 0 Å². The van der Waals surface area contributed by atoms with Crippen LogP contribution in [0.1, 0.15) is 50.2 Å². The number of pyridine rings is 2. The smallest absolute Gasteiger partial charge is 0.340 e. The van der Waals surface area contributed by atoms with Gasteiger partial charge in [0.15, 0.2) is 0 Å². The van der Waals surface area contributed by atoms with Crippen LogP contribution in [0.3, 0.4) is 0 Å². The normalized spacial score (nSPS) is 11.0. The fraction of sp³-hybridized carbons (Fsp3) is 0.179. The number of aryl methyl sites for hydroxylation is 3. The van der Waals surface area contributed by atoms with Crippen molar-refractivity contribution in [3.05, 3.63) is 131 Å². The summed E-state index contributed by atoms with van der Waals surface area (Å²) in [5.41, 5.74) is 9.23. The van der Waals surface area contributed by atoms with Crippen LogP contribution in [0, 0.1) is 20.8 Å². The number of carbonyl (C=O) groups excluding carboxylic acids is 2. The third kappa shape index (κ3) is 7.07. The fourth-order valence-electron chi connectivity index (χ4n) is 5.62. The molecule has 0 bridgehead atoms. The fourth-order valence-corrected chi connectivity index (χ4v) is 5.62. The van der Waals surface area contributed by atoms with Gasteiger partial charge in [0, 0.05) is 40.0 Å². The van der Waals surface area contributed by atoms with E-state index in [4.69, 9.17) is 9.47 Å². The molecule has 2 aromatic heterocycles. The molecule has 47 heavy (non-hydrogen) atoms. The zero-order valence-electron chi connectivity index (χ0n) is 26.9. The Labute approximate surface area is 273 Å². The van der Waals surface area contributed by atoms with Crippen LogP contribution in [0.15, 0.2) is 97.1 Å². The molecule has 8 nitrogen and oxygen atoms in total. The lowest BCUT2D eigenvalue weighted by molar-refractivity contribution is 0.0503. The highest BCUT2D eigenvalue weighted by atomic mass is 16.5. The van der Waals surface area contributed by atoms with E-state index in [1.54, 1.807) is 19.1 Å². The Kier molecular flexibility index (Phi) is 9.11. The molecular weight excluding hydrogens is 588 g/mol. The van der Waals surface area contributed by atoms with Gasteiger partial charge in [-0.1, -0.05) is 48.0 Å². The molecule has 0 aliphatic rings. The first kappa shape index (κ1) is 31.2. The van der Waals surface area contributed by atoms with Crippen molar-refractivity contribution in [2.24, 2.45) is 0 Å². The van der Waals surface area contributed by atoms with Crippen LogP contribution in [-0.2, 0) is 15.9 Å². The highest BCUT2D eigenvalue weighted by molar-refractivity contribution is 6.01. The minimum atomic E-state index is -0.442. The van der Waals surface area contributed by atoms with Gasteiger partial charge in [-0.2, -0.15) is 0 Å². The van der Waals surface area contributed by atoms with Crippen molar-refractivity contribution in [1.29, 1.82) is 0 Å². The molecule has 4 aromatic carbocycles. The van der Waals surface area contributed by atoms with E-state index in [-0.39, 0.29) is 13.2 Å². The Morgan fingerprint density at radius 3 is 2.02 bits per heavy atom. The monoisotopic (exact) mass is 624 g/mol. The van der Waals surface area contributed by atoms with Gasteiger partial charge in [-0.05, 0) is 87.9 Å². The number of hydrogen-bond acceptors (Lipinski definition) is 8. The number of fused-ring (bicyclic) bond motifs is 2. The Balaban J connectivity index is 1.19. The van der Waals surface area contributed by atoms with Crippen molar-refractivity contribution in [2.75, 3.05) is 23.8 Å².